The van der Waals surface area contributed by atoms with Crippen molar-refractivity contribution in [3.63, 3.8) is 0 Å². The average molecular weight is 354 g/mol. The van der Waals surface area contributed by atoms with Crippen molar-refractivity contribution < 1.29 is 4.74 Å². The molecule has 0 bridgehead atoms. The molecule has 0 radical (unpaired) electrons. The van der Waals surface area contributed by atoms with Crippen LogP contribution in [-0.2, 0) is 16.8 Å². The fourth-order valence-corrected chi connectivity index (χ4v) is 3.27. The molecule has 118 valence electrons. The minimum absolute atomic E-state index is 0.173. The Labute approximate surface area is 138 Å². The Bertz CT molecular complexity index is 447. The number of halogens is 1. The van der Waals surface area contributed by atoms with Gasteiger partial charge in [-0.2, -0.15) is 0 Å². The van der Waals surface area contributed by atoms with E-state index in [1.807, 2.05) is 0 Å². The van der Waals surface area contributed by atoms with Crippen molar-refractivity contribution in [2.45, 2.75) is 52.1 Å². The van der Waals surface area contributed by atoms with E-state index in [0.29, 0.717) is 6.61 Å². The molecule has 1 aromatic rings. The molecule has 0 unspecified atom stereocenters. The normalized spacial score (nSPS) is 17.1. The maximum Gasteiger partial charge on any atom is 0.0718 e. The first-order valence-corrected chi connectivity index (χ1v) is 8.84. The molecule has 1 heterocycles. The molecule has 0 saturated carbocycles. The summed E-state index contributed by atoms with van der Waals surface area (Å²) in [4.78, 5) is 2.52. The van der Waals surface area contributed by atoms with Crippen molar-refractivity contribution in [1.82, 2.24) is 4.90 Å². The number of rotatable bonds is 5. The molecule has 1 aliphatic heterocycles. The van der Waals surface area contributed by atoms with Gasteiger partial charge in [-0.15, -0.1) is 0 Å². The summed E-state index contributed by atoms with van der Waals surface area (Å²) in [6.45, 7) is 11.8. The number of piperidine rings is 1. The van der Waals surface area contributed by atoms with E-state index in [4.69, 9.17) is 4.74 Å². The van der Waals surface area contributed by atoms with E-state index in [1.54, 1.807) is 0 Å². The number of ether oxygens (including phenoxy) is 1. The second-order valence-electron chi connectivity index (χ2n) is 7.05. The highest BCUT2D eigenvalue weighted by atomic mass is 79.9. The van der Waals surface area contributed by atoms with Crippen LogP contribution in [0.2, 0.25) is 0 Å². The Hall–Kier alpha value is -0.380. The van der Waals surface area contributed by atoms with Gasteiger partial charge in [0, 0.05) is 11.0 Å². The molecule has 0 aromatic heterocycles. The molecule has 3 heteroatoms. The molecule has 1 saturated heterocycles. The predicted molar refractivity (Wildman–Crippen MR) is 92.8 cm³/mol. The van der Waals surface area contributed by atoms with Gasteiger partial charge in [0.15, 0.2) is 0 Å². The quantitative estimate of drug-likeness (QED) is 0.708. The highest BCUT2D eigenvalue weighted by Gasteiger charge is 2.15. The number of hydrogen-bond acceptors (Lipinski definition) is 2. The summed E-state index contributed by atoms with van der Waals surface area (Å²) in [5, 5.41) is 0. The Kier molecular flexibility index (Phi) is 6.27. The Balaban J connectivity index is 1.81. The molecule has 0 aliphatic carbocycles. The largest absolute Gasteiger partial charge is 0.375 e. The summed E-state index contributed by atoms with van der Waals surface area (Å²) in [7, 11) is 0. The van der Waals surface area contributed by atoms with Gasteiger partial charge in [-0.05, 0) is 54.6 Å². The van der Waals surface area contributed by atoms with Gasteiger partial charge in [0.2, 0.25) is 0 Å². The zero-order chi connectivity index (χ0) is 15.3. The van der Waals surface area contributed by atoms with Crippen LogP contribution in [0.25, 0.3) is 0 Å². The third kappa shape index (κ3) is 5.72. The molecule has 1 fully saturated rings. The van der Waals surface area contributed by atoms with Crippen LogP contribution in [0.5, 0.6) is 0 Å². The Morgan fingerprint density at radius 1 is 1.10 bits per heavy atom. The lowest BCUT2D eigenvalue weighted by Crippen LogP contribution is -2.32. The zero-order valence-electron chi connectivity index (χ0n) is 13.6. The van der Waals surface area contributed by atoms with Crippen molar-refractivity contribution in [3.8, 4) is 0 Å². The molecule has 0 amide bonds. The topological polar surface area (TPSA) is 12.5 Å². The van der Waals surface area contributed by atoms with Crippen molar-refractivity contribution in [2.75, 3.05) is 26.2 Å². The molecular formula is C18H28BrNO. The summed E-state index contributed by atoms with van der Waals surface area (Å²) in [5.41, 5.74) is 2.78. The Morgan fingerprint density at radius 3 is 2.48 bits per heavy atom. The van der Waals surface area contributed by atoms with E-state index in [9.17, 15) is 0 Å². The number of benzene rings is 1. The van der Waals surface area contributed by atoms with Gasteiger partial charge in [0.25, 0.3) is 0 Å². The van der Waals surface area contributed by atoms with Crippen LogP contribution >= 0.6 is 15.9 Å². The van der Waals surface area contributed by atoms with E-state index in [1.165, 1.54) is 43.5 Å². The minimum atomic E-state index is 0.173. The summed E-state index contributed by atoms with van der Waals surface area (Å²) in [5.74, 6) is 0. The smallest absolute Gasteiger partial charge is 0.0718 e. The summed E-state index contributed by atoms with van der Waals surface area (Å²) in [6.07, 6.45) is 4.09. The van der Waals surface area contributed by atoms with Gasteiger partial charge in [0.05, 0.1) is 13.2 Å². The van der Waals surface area contributed by atoms with Crippen LogP contribution in [0.15, 0.2) is 22.7 Å². The van der Waals surface area contributed by atoms with Crippen LogP contribution in [-0.4, -0.2) is 31.1 Å². The Morgan fingerprint density at radius 2 is 1.81 bits per heavy atom. The van der Waals surface area contributed by atoms with E-state index in [2.05, 4.69) is 59.8 Å². The lowest BCUT2D eigenvalue weighted by molar-refractivity contribution is 0.0862. The summed E-state index contributed by atoms with van der Waals surface area (Å²) in [6, 6.07) is 6.64. The zero-order valence-corrected chi connectivity index (χ0v) is 15.2. The first-order valence-electron chi connectivity index (χ1n) is 8.05. The predicted octanol–water partition coefficient (Wildman–Crippen LogP) is 4.75. The SMILES string of the molecule is CC(C)(C)c1cc(Br)cc(COCCN2CCCCC2)c1. The molecular weight excluding hydrogens is 326 g/mol. The van der Waals surface area contributed by atoms with Gasteiger partial charge in [-0.3, -0.25) is 0 Å². The second-order valence-corrected chi connectivity index (χ2v) is 7.97. The van der Waals surface area contributed by atoms with Crippen LogP contribution in [0.3, 0.4) is 0 Å². The van der Waals surface area contributed by atoms with Crippen molar-refractivity contribution in [3.05, 3.63) is 33.8 Å². The first-order chi connectivity index (χ1) is 9.95. The number of hydrogen-bond donors (Lipinski definition) is 0. The van der Waals surface area contributed by atoms with E-state index in [0.717, 1.165) is 17.6 Å². The van der Waals surface area contributed by atoms with Gasteiger partial charge in [-0.25, -0.2) is 0 Å². The maximum absolute atomic E-state index is 5.88. The fraction of sp³-hybridized carbons (Fsp3) is 0.667. The van der Waals surface area contributed by atoms with E-state index >= 15 is 0 Å². The molecule has 2 rings (SSSR count). The molecule has 0 spiro atoms. The van der Waals surface area contributed by atoms with Crippen LogP contribution in [0, 0.1) is 0 Å². The molecule has 0 N–H and O–H groups in total. The first kappa shape index (κ1) is 17.0. The molecule has 1 aromatic carbocycles. The highest BCUT2D eigenvalue weighted by Crippen LogP contribution is 2.27. The van der Waals surface area contributed by atoms with E-state index < -0.39 is 0 Å². The summed E-state index contributed by atoms with van der Waals surface area (Å²) >= 11 is 3.61. The third-order valence-corrected chi connectivity index (χ3v) is 4.55. The fourth-order valence-electron chi connectivity index (χ4n) is 2.73. The lowest BCUT2D eigenvalue weighted by atomic mass is 9.86. The number of likely N-dealkylation sites (tertiary alicyclic amines) is 1. The number of nitrogens with zero attached hydrogens (tertiary/aromatic N) is 1. The average Bonchev–Trinajstić information content (AvgIpc) is 2.43. The molecule has 21 heavy (non-hydrogen) atoms. The minimum Gasteiger partial charge on any atom is -0.375 e. The molecule has 2 nitrogen and oxygen atoms in total. The lowest BCUT2D eigenvalue weighted by Gasteiger charge is -2.26. The van der Waals surface area contributed by atoms with Crippen molar-refractivity contribution in [1.29, 1.82) is 0 Å². The summed E-state index contributed by atoms with van der Waals surface area (Å²) < 4.78 is 7.03. The standard InChI is InChI=1S/C18H28BrNO/c1-18(2,3)16-11-15(12-17(19)13-16)14-21-10-9-20-7-5-4-6-8-20/h11-13H,4-10,14H2,1-3H3. The molecule has 1 aliphatic rings. The van der Waals surface area contributed by atoms with Gasteiger partial charge in [0.1, 0.15) is 0 Å². The van der Waals surface area contributed by atoms with Gasteiger partial charge in [-0.1, -0.05) is 49.2 Å². The van der Waals surface area contributed by atoms with Crippen LogP contribution < -0.4 is 0 Å². The van der Waals surface area contributed by atoms with Crippen LogP contribution in [0.1, 0.15) is 51.2 Å². The van der Waals surface area contributed by atoms with Crippen molar-refractivity contribution >= 4 is 15.9 Å². The van der Waals surface area contributed by atoms with Crippen molar-refractivity contribution in [2.24, 2.45) is 0 Å². The maximum atomic E-state index is 5.88. The van der Waals surface area contributed by atoms with Gasteiger partial charge >= 0.3 is 0 Å². The molecule has 0 atom stereocenters. The van der Waals surface area contributed by atoms with Crippen LogP contribution in [0.4, 0.5) is 0 Å². The second kappa shape index (κ2) is 7.75. The monoisotopic (exact) mass is 353 g/mol. The third-order valence-electron chi connectivity index (χ3n) is 4.09. The van der Waals surface area contributed by atoms with Gasteiger partial charge < -0.3 is 9.64 Å². The highest BCUT2D eigenvalue weighted by molar-refractivity contribution is 9.10. The van der Waals surface area contributed by atoms with E-state index in [-0.39, 0.29) is 5.41 Å².